The second-order valence-electron chi connectivity index (χ2n) is 5.77. The molecule has 0 saturated carbocycles. The fraction of sp³-hybridized carbons (Fsp3) is 0.200. The Morgan fingerprint density at radius 2 is 1.92 bits per heavy atom. The van der Waals surface area contributed by atoms with Gasteiger partial charge in [-0.1, -0.05) is 35.9 Å². The minimum absolute atomic E-state index is 0.357. The minimum Gasteiger partial charge on any atom is -0.490 e. The number of benzene rings is 2. The van der Waals surface area contributed by atoms with E-state index in [1.54, 1.807) is 12.1 Å². The van der Waals surface area contributed by atoms with E-state index in [0.717, 1.165) is 22.9 Å². The van der Waals surface area contributed by atoms with Crippen molar-refractivity contribution < 1.29 is 19.1 Å². The largest absolute Gasteiger partial charge is 0.490 e. The first-order chi connectivity index (χ1) is 12.5. The quantitative estimate of drug-likeness (QED) is 0.769. The first-order valence-electron chi connectivity index (χ1n) is 8.25. The average molecular weight is 369 g/mol. The van der Waals surface area contributed by atoms with Crippen LogP contribution < -0.4 is 14.8 Å². The Bertz CT molecular complexity index is 876. The third-order valence-electron chi connectivity index (χ3n) is 3.68. The summed E-state index contributed by atoms with van der Waals surface area (Å²) in [6, 6.07) is 13.6. The predicted octanol–water partition coefficient (Wildman–Crippen LogP) is 4.30. The summed E-state index contributed by atoms with van der Waals surface area (Å²) in [6.07, 6.45) is 1.66. The van der Waals surface area contributed by atoms with E-state index in [0.29, 0.717) is 29.6 Å². The van der Waals surface area contributed by atoms with Crippen molar-refractivity contribution in [2.75, 3.05) is 6.61 Å². The smallest absolute Gasteiger partial charge is 0.290 e. The molecular weight excluding hydrogens is 350 g/mol. The monoisotopic (exact) mass is 369 g/mol. The molecule has 6 heteroatoms. The lowest BCUT2D eigenvalue weighted by atomic mass is 10.1. The fourth-order valence-corrected chi connectivity index (χ4v) is 3.22. The average Bonchev–Trinajstić information content (AvgIpc) is 2.92. The summed E-state index contributed by atoms with van der Waals surface area (Å²) in [6.45, 7) is 4.87. The van der Waals surface area contributed by atoms with Gasteiger partial charge in [-0.25, -0.2) is 0 Å². The summed E-state index contributed by atoms with van der Waals surface area (Å²) in [5.74, 6) is 0.858. The molecule has 5 nitrogen and oxygen atoms in total. The number of ether oxygens (including phenoxy) is 2. The number of thioether (sulfide) groups is 1. The molecule has 0 bridgehead atoms. The molecule has 134 valence electrons. The molecule has 1 aliphatic rings. The Kier molecular flexibility index (Phi) is 5.63. The topological polar surface area (TPSA) is 64.6 Å². The van der Waals surface area contributed by atoms with Crippen LogP contribution in [0.2, 0.25) is 0 Å². The van der Waals surface area contributed by atoms with Gasteiger partial charge in [-0.3, -0.25) is 14.9 Å². The van der Waals surface area contributed by atoms with Crippen molar-refractivity contribution in [2.24, 2.45) is 0 Å². The maximum atomic E-state index is 11.7. The highest BCUT2D eigenvalue weighted by Crippen LogP contribution is 2.32. The highest BCUT2D eigenvalue weighted by molar-refractivity contribution is 8.18. The number of aryl methyl sites for hydroxylation is 1. The standard InChI is InChI=1S/C20H19NO4S/c1-3-24-17-10-14(11-18-19(22)21-20(23)26-18)7-8-16(17)25-12-15-6-4-5-13(2)9-15/h4-11H,3,12H2,1-2H3,(H,21,22,23). The maximum Gasteiger partial charge on any atom is 0.290 e. The van der Waals surface area contributed by atoms with E-state index in [4.69, 9.17) is 9.47 Å². The van der Waals surface area contributed by atoms with Gasteiger partial charge in [0.25, 0.3) is 11.1 Å². The third kappa shape index (κ3) is 4.46. The molecular formula is C20H19NO4S. The van der Waals surface area contributed by atoms with Crippen molar-refractivity contribution in [1.82, 2.24) is 5.32 Å². The molecule has 0 aromatic heterocycles. The zero-order valence-corrected chi connectivity index (χ0v) is 15.4. The van der Waals surface area contributed by atoms with Crippen LogP contribution in [0.15, 0.2) is 47.4 Å². The number of carbonyl (C=O) groups is 2. The van der Waals surface area contributed by atoms with Crippen molar-refractivity contribution in [1.29, 1.82) is 0 Å². The molecule has 1 heterocycles. The van der Waals surface area contributed by atoms with Gasteiger partial charge in [-0.05, 0) is 54.9 Å². The van der Waals surface area contributed by atoms with Crippen LogP contribution in [0, 0.1) is 6.92 Å². The van der Waals surface area contributed by atoms with E-state index in [2.05, 4.69) is 11.4 Å². The van der Waals surface area contributed by atoms with Crippen LogP contribution in [0.25, 0.3) is 6.08 Å². The van der Waals surface area contributed by atoms with Crippen LogP contribution >= 0.6 is 11.8 Å². The summed E-state index contributed by atoms with van der Waals surface area (Å²) >= 11 is 0.890. The molecule has 3 rings (SSSR count). The van der Waals surface area contributed by atoms with Gasteiger partial charge < -0.3 is 9.47 Å². The third-order valence-corrected chi connectivity index (χ3v) is 4.49. The number of hydrogen-bond acceptors (Lipinski definition) is 5. The molecule has 26 heavy (non-hydrogen) atoms. The summed E-state index contributed by atoms with van der Waals surface area (Å²) in [4.78, 5) is 23.3. The van der Waals surface area contributed by atoms with Gasteiger partial charge in [0.1, 0.15) is 6.61 Å². The minimum atomic E-state index is -0.377. The number of rotatable bonds is 6. The molecule has 0 atom stereocenters. The highest BCUT2D eigenvalue weighted by atomic mass is 32.2. The SMILES string of the molecule is CCOc1cc(C=C2SC(=O)NC2=O)ccc1OCc1cccc(C)c1. The van der Waals surface area contributed by atoms with Crippen molar-refractivity contribution in [3.05, 3.63) is 64.1 Å². The van der Waals surface area contributed by atoms with E-state index in [9.17, 15) is 9.59 Å². The van der Waals surface area contributed by atoms with E-state index in [1.165, 1.54) is 5.56 Å². The summed E-state index contributed by atoms with van der Waals surface area (Å²) in [5.41, 5.74) is 3.03. The summed E-state index contributed by atoms with van der Waals surface area (Å²) < 4.78 is 11.6. The Hall–Kier alpha value is -2.73. The molecule has 1 fully saturated rings. The summed E-state index contributed by atoms with van der Waals surface area (Å²) in [7, 11) is 0. The Morgan fingerprint density at radius 3 is 2.62 bits per heavy atom. The molecule has 0 aliphatic carbocycles. The number of carbonyl (C=O) groups excluding carboxylic acids is 2. The maximum absolute atomic E-state index is 11.7. The molecule has 2 aromatic rings. The fourth-order valence-electron chi connectivity index (χ4n) is 2.54. The molecule has 0 spiro atoms. The van der Waals surface area contributed by atoms with Gasteiger partial charge in [0.2, 0.25) is 0 Å². The van der Waals surface area contributed by atoms with Gasteiger partial charge in [0.05, 0.1) is 11.5 Å². The Balaban J connectivity index is 1.79. The van der Waals surface area contributed by atoms with Crippen molar-refractivity contribution in [2.45, 2.75) is 20.5 Å². The van der Waals surface area contributed by atoms with Crippen LogP contribution in [0.1, 0.15) is 23.6 Å². The summed E-state index contributed by atoms with van der Waals surface area (Å²) in [5, 5.41) is 1.89. The predicted molar refractivity (Wildman–Crippen MR) is 102 cm³/mol. The zero-order chi connectivity index (χ0) is 18.5. The van der Waals surface area contributed by atoms with E-state index in [1.807, 2.05) is 44.2 Å². The molecule has 2 amide bonds. The molecule has 1 N–H and O–H groups in total. The second-order valence-corrected chi connectivity index (χ2v) is 6.78. The number of hydrogen-bond donors (Lipinski definition) is 1. The molecule has 2 aromatic carbocycles. The lowest BCUT2D eigenvalue weighted by Gasteiger charge is -2.13. The number of amides is 2. The van der Waals surface area contributed by atoms with Crippen molar-refractivity contribution in [3.63, 3.8) is 0 Å². The van der Waals surface area contributed by atoms with Crippen molar-refractivity contribution in [3.8, 4) is 11.5 Å². The van der Waals surface area contributed by atoms with Gasteiger partial charge in [-0.2, -0.15) is 0 Å². The molecule has 0 unspecified atom stereocenters. The molecule has 0 radical (unpaired) electrons. The van der Waals surface area contributed by atoms with Crippen LogP contribution in [0.3, 0.4) is 0 Å². The first kappa shape index (κ1) is 18.1. The Labute approximate surface area is 156 Å². The van der Waals surface area contributed by atoms with Crippen LogP contribution in [-0.2, 0) is 11.4 Å². The second kappa shape index (κ2) is 8.10. The lowest BCUT2D eigenvalue weighted by Crippen LogP contribution is -2.17. The van der Waals surface area contributed by atoms with Crippen molar-refractivity contribution >= 4 is 29.0 Å². The van der Waals surface area contributed by atoms with Crippen LogP contribution in [0.5, 0.6) is 11.5 Å². The first-order valence-corrected chi connectivity index (χ1v) is 9.07. The normalized spacial score (nSPS) is 15.2. The van der Waals surface area contributed by atoms with E-state index in [-0.39, 0.29) is 11.1 Å². The van der Waals surface area contributed by atoms with Gasteiger partial charge >= 0.3 is 0 Å². The highest BCUT2D eigenvalue weighted by Gasteiger charge is 2.25. The number of imide groups is 1. The molecule has 1 aliphatic heterocycles. The van der Waals surface area contributed by atoms with Gasteiger partial charge in [0, 0.05) is 0 Å². The van der Waals surface area contributed by atoms with Crippen LogP contribution in [0.4, 0.5) is 4.79 Å². The van der Waals surface area contributed by atoms with Crippen LogP contribution in [-0.4, -0.2) is 17.8 Å². The lowest BCUT2D eigenvalue weighted by molar-refractivity contribution is -0.115. The van der Waals surface area contributed by atoms with Gasteiger partial charge in [0.15, 0.2) is 11.5 Å². The number of nitrogens with one attached hydrogen (secondary N) is 1. The Morgan fingerprint density at radius 1 is 1.08 bits per heavy atom. The molecule has 1 saturated heterocycles. The van der Waals surface area contributed by atoms with E-state index >= 15 is 0 Å². The van der Waals surface area contributed by atoms with Gasteiger partial charge in [-0.15, -0.1) is 0 Å². The zero-order valence-electron chi connectivity index (χ0n) is 14.6. The van der Waals surface area contributed by atoms with E-state index < -0.39 is 0 Å².